The van der Waals surface area contributed by atoms with Gasteiger partial charge in [0.05, 0.1) is 23.3 Å². The number of nitrogens with one attached hydrogen (secondary N) is 1. The first-order valence-electron chi connectivity index (χ1n) is 10.6. The number of nitrogens with zero attached hydrogens (tertiary/aromatic N) is 7. The molecule has 0 bridgehead atoms. The molecule has 0 spiro atoms. The van der Waals surface area contributed by atoms with Gasteiger partial charge in [-0.2, -0.15) is 10.2 Å². The molecule has 5 aromatic rings. The lowest BCUT2D eigenvalue weighted by molar-refractivity contribution is 0.415. The number of hydrogen-bond donors (Lipinski definition) is 2. The van der Waals surface area contributed by atoms with Crippen molar-refractivity contribution in [1.82, 2.24) is 29.7 Å². The van der Waals surface area contributed by atoms with Crippen LogP contribution in [-0.2, 0) is 0 Å². The zero-order valence-electron chi connectivity index (χ0n) is 18.8. The predicted octanol–water partition coefficient (Wildman–Crippen LogP) is 3.16. The van der Waals surface area contributed by atoms with E-state index in [1.54, 1.807) is 25.4 Å². The van der Waals surface area contributed by atoms with Crippen LogP contribution in [0, 0.1) is 18.3 Å². The molecule has 35 heavy (non-hydrogen) atoms. The largest absolute Gasteiger partial charge is 0.368 e. The lowest BCUT2D eigenvalue weighted by Gasteiger charge is -2.21. The number of benzene rings is 1. The zero-order valence-corrected chi connectivity index (χ0v) is 18.8. The Kier molecular flexibility index (Phi) is 5.39. The minimum atomic E-state index is -0.475. The summed E-state index contributed by atoms with van der Waals surface area (Å²) in [6, 6.07) is 10.6. The van der Waals surface area contributed by atoms with Crippen molar-refractivity contribution in [3.05, 3.63) is 82.6 Å². The Morgan fingerprint density at radius 1 is 1.17 bits per heavy atom. The fourth-order valence-corrected chi connectivity index (χ4v) is 3.90. The average Bonchev–Trinajstić information content (AvgIpc) is 3.38. The highest BCUT2D eigenvalue weighted by atomic mass is 16.5. The number of nitrogen functional groups attached to an aromatic ring is 1. The Labute approximate surface area is 198 Å². The molecule has 0 aliphatic carbocycles. The number of aromatic nitrogens is 6. The van der Waals surface area contributed by atoms with Gasteiger partial charge in [-0.05, 0) is 30.9 Å². The molecule has 0 fully saturated rings. The molecule has 5 rings (SSSR count). The van der Waals surface area contributed by atoms with Gasteiger partial charge in [0.1, 0.15) is 29.5 Å². The highest BCUT2D eigenvalue weighted by molar-refractivity contribution is 5.96. The molecular weight excluding hydrogens is 446 g/mol. The molecule has 1 aromatic carbocycles. The van der Waals surface area contributed by atoms with E-state index in [2.05, 4.69) is 30.4 Å². The third kappa shape index (κ3) is 3.93. The van der Waals surface area contributed by atoms with E-state index in [1.807, 2.05) is 37.3 Å². The SMILES string of the molecule is Cc1ncc(-c2cccc3cc([C@H](C)Nc4nc(N)ncc4C#N)n(-c4ccon4)c(=O)c23)cn1. The van der Waals surface area contributed by atoms with Gasteiger partial charge in [0.25, 0.3) is 5.56 Å². The van der Waals surface area contributed by atoms with E-state index in [0.29, 0.717) is 28.3 Å². The molecule has 0 amide bonds. The van der Waals surface area contributed by atoms with Crippen molar-refractivity contribution in [1.29, 1.82) is 5.26 Å². The van der Waals surface area contributed by atoms with Gasteiger partial charge in [0, 0.05) is 24.0 Å². The van der Waals surface area contributed by atoms with Gasteiger partial charge in [-0.3, -0.25) is 9.36 Å². The minimum Gasteiger partial charge on any atom is -0.368 e. The van der Waals surface area contributed by atoms with Gasteiger partial charge in [0.15, 0.2) is 5.82 Å². The van der Waals surface area contributed by atoms with Crippen LogP contribution in [0.1, 0.15) is 30.0 Å². The van der Waals surface area contributed by atoms with Crippen molar-refractivity contribution >= 4 is 22.5 Å². The number of fused-ring (bicyclic) bond motifs is 1. The van der Waals surface area contributed by atoms with Gasteiger partial charge >= 0.3 is 0 Å². The van der Waals surface area contributed by atoms with Gasteiger partial charge in [-0.1, -0.05) is 23.4 Å². The molecule has 0 aliphatic rings. The Hall–Kier alpha value is -5.11. The van der Waals surface area contributed by atoms with Crippen molar-refractivity contribution < 1.29 is 4.52 Å². The number of rotatable bonds is 5. The highest BCUT2D eigenvalue weighted by Crippen LogP contribution is 2.29. The number of hydrogen-bond acceptors (Lipinski definition) is 10. The Morgan fingerprint density at radius 3 is 2.69 bits per heavy atom. The van der Waals surface area contributed by atoms with Crippen molar-refractivity contribution in [3.63, 3.8) is 0 Å². The summed E-state index contributed by atoms with van der Waals surface area (Å²) in [5.74, 6) is 1.24. The first-order valence-corrected chi connectivity index (χ1v) is 10.6. The monoisotopic (exact) mass is 465 g/mol. The first-order chi connectivity index (χ1) is 17.0. The third-order valence-electron chi connectivity index (χ3n) is 5.55. The number of anilines is 2. The highest BCUT2D eigenvalue weighted by Gasteiger charge is 2.21. The molecule has 4 heterocycles. The summed E-state index contributed by atoms with van der Waals surface area (Å²) in [4.78, 5) is 30.5. The molecule has 3 N–H and O–H groups in total. The second-order valence-corrected chi connectivity index (χ2v) is 7.82. The minimum absolute atomic E-state index is 0.0241. The van der Waals surface area contributed by atoms with Crippen LogP contribution in [0.2, 0.25) is 0 Å². The third-order valence-corrected chi connectivity index (χ3v) is 5.55. The number of pyridine rings is 1. The summed E-state index contributed by atoms with van der Waals surface area (Å²) < 4.78 is 6.51. The lowest BCUT2D eigenvalue weighted by Crippen LogP contribution is -2.26. The van der Waals surface area contributed by atoms with Gasteiger partial charge in [-0.15, -0.1) is 0 Å². The van der Waals surface area contributed by atoms with E-state index < -0.39 is 6.04 Å². The second kappa shape index (κ2) is 8.68. The molecule has 0 radical (unpaired) electrons. The summed E-state index contributed by atoms with van der Waals surface area (Å²) in [6.45, 7) is 3.64. The van der Waals surface area contributed by atoms with Gasteiger partial charge < -0.3 is 15.6 Å². The molecule has 11 heteroatoms. The van der Waals surface area contributed by atoms with E-state index in [1.165, 1.54) is 17.0 Å². The van der Waals surface area contributed by atoms with E-state index >= 15 is 0 Å². The maximum atomic E-state index is 14.0. The number of aryl methyl sites for hydroxylation is 1. The maximum Gasteiger partial charge on any atom is 0.265 e. The summed E-state index contributed by atoms with van der Waals surface area (Å²) >= 11 is 0. The molecule has 11 nitrogen and oxygen atoms in total. The number of nitriles is 1. The van der Waals surface area contributed by atoms with Gasteiger partial charge in [0.2, 0.25) is 5.95 Å². The Morgan fingerprint density at radius 2 is 1.97 bits per heavy atom. The average molecular weight is 465 g/mol. The molecule has 172 valence electrons. The van der Waals surface area contributed by atoms with Crippen LogP contribution in [0.4, 0.5) is 11.8 Å². The molecule has 0 aliphatic heterocycles. The van der Waals surface area contributed by atoms with Crippen LogP contribution in [0.25, 0.3) is 27.7 Å². The normalized spacial score (nSPS) is 11.8. The van der Waals surface area contributed by atoms with Crippen molar-refractivity contribution in [3.8, 4) is 23.0 Å². The standard InChI is InChI=1S/C24H19N9O2/c1-13(30-22-16(9-25)10-29-24(26)31-22)19-8-15-4-3-5-18(17-11-27-14(2)28-12-17)21(15)23(34)33(19)20-6-7-35-32-20/h3-8,10-13H,1-2H3,(H3,26,29,30,31)/t13-/m0/s1. The lowest BCUT2D eigenvalue weighted by atomic mass is 9.99. The second-order valence-electron chi connectivity index (χ2n) is 7.82. The molecule has 0 saturated carbocycles. The summed E-state index contributed by atoms with van der Waals surface area (Å²) in [5, 5.41) is 17.8. The fourth-order valence-electron chi connectivity index (χ4n) is 3.90. The van der Waals surface area contributed by atoms with Crippen LogP contribution in [0.15, 0.2) is 64.5 Å². The van der Waals surface area contributed by atoms with Crippen LogP contribution in [-0.4, -0.2) is 29.7 Å². The zero-order chi connectivity index (χ0) is 24.5. The molecule has 4 aromatic heterocycles. The van der Waals surface area contributed by atoms with Crippen molar-refractivity contribution in [2.24, 2.45) is 0 Å². The smallest absolute Gasteiger partial charge is 0.265 e. The Balaban J connectivity index is 1.72. The molecule has 0 saturated heterocycles. The first kappa shape index (κ1) is 21.7. The topological polar surface area (TPSA) is 161 Å². The van der Waals surface area contributed by atoms with E-state index in [9.17, 15) is 10.1 Å². The summed E-state index contributed by atoms with van der Waals surface area (Å²) in [5.41, 5.74) is 7.66. The van der Waals surface area contributed by atoms with E-state index in [-0.39, 0.29) is 22.9 Å². The van der Waals surface area contributed by atoms with Crippen LogP contribution < -0.4 is 16.6 Å². The van der Waals surface area contributed by atoms with Crippen molar-refractivity contribution in [2.75, 3.05) is 11.1 Å². The van der Waals surface area contributed by atoms with Crippen LogP contribution in [0.5, 0.6) is 0 Å². The molecular formula is C24H19N9O2. The van der Waals surface area contributed by atoms with Crippen molar-refractivity contribution in [2.45, 2.75) is 19.9 Å². The number of nitrogens with two attached hydrogens (primary N) is 1. The van der Waals surface area contributed by atoms with Gasteiger partial charge in [-0.25, -0.2) is 15.0 Å². The van der Waals surface area contributed by atoms with E-state index in [4.69, 9.17) is 10.3 Å². The summed E-state index contributed by atoms with van der Waals surface area (Å²) in [7, 11) is 0. The molecule has 1 atom stereocenters. The van der Waals surface area contributed by atoms with Crippen LogP contribution >= 0.6 is 0 Å². The fraction of sp³-hybridized carbons (Fsp3) is 0.125. The maximum absolute atomic E-state index is 14.0. The Bertz CT molecular complexity index is 1640. The quantitative estimate of drug-likeness (QED) is 0.394. The molecule has 0 unspecified atom stereocenters. The predicted molar refractivity (Wildman–Crippen MR) is 129 cm³/mol. The summed E-state index contributed by atoms with van der Waals surface area (Å²) in [6.07, 6.45) is 6.13. The van der Waals surface area contributed by atoms with E-state index in [0.717, 1.165) is 10.9 Å². The van der Waals surface area contributed by atoms with Crippen LogP contribution in [0.3, 0.4) is 0 Å².